The summed E-state index contributed by atoms with van der Waals surface area (Å²) in [5, 5.41) is 0.823. The van der Waals surface area contributed by atoms with Crippen LogP contribution in [0.15, 0.2) is 16.9 Å². The lowest BCUT2D eigenvalue weighted by Gasteiger charge is -2.10. The summed E-state index contributed by atoms with van der Waals surface area (Å²) in [6, 6.07) is 3.57. The second-order valence-corrected chi connectivity index (χ2v) is 4.24. The van der Waals surface area contributed by atoms with E-state index in [0.717, 1.165) is 10.9 Å². The van der Waals surface area contributed by atoms with Crippen molar-refractivity contribution in [3.05, 3.63) is 33.6 Å². The van der Waals surface area contributed by atoms with Gasteiger partial charge in [0.25, 0.3) is 5.56 Å². The number of pyridine rings is 1. The van der Waals surface area contributed by atoms with Crippen LogP contribution >= 0.6 is 0 Å². The molecule has 2 aromatic rings. The van der Waals surface area contributed by atoms with E-state index in [-0.39, 0.29) is 17.9 Å². The highest BCUT2D eigenvalue weighted by Crippen LogP contribution is 2.36. The van der Waals surface area contributed by atoms with Crippen molar-refractivity contribution in [1.29, 1.82) is 0 Å². The van der Waals surface area contributed by atoms with E-state index in [1.54, 1.807) is 26.1 Å². The third-order valence-corrected chi connectivity index (χ3v) is 3.31. The fourth-order valence-corrected chi connectivity index (χ4v) is 2.24. The molecular formula is C13H11NO4. The van der Waals surface area contributed by atoms with E-state index < -0.39 is 0 Å². The molecule has 0 atom stereocenters. The normalized spacial score (nSPS) is 13.0. The van der Waals surface area contributed by atoms with Gasteiger partial charge in [0.1, 0.15) is 0 Å². The van der Waals surface area contributed by atoms with Gasteiger partial charge in [0.05, 0.1) is 11.1 Å². The van der Waals surface area contributed by atoms with Crippen molar-refractivity contribution in [3.63, 3.8) is 0 Å². The molecule has 1 aromatic carbocycles. The zero-order chi connectivity index (χ0) is 12.9. The number of benzene rings is 1. The average molecular weight is 245 g/mol. The van der Waals surface area contributed by atoms with Gasteiger partial charge in [-0.05, 0) is 18.6 Å². The van der Waals surface area contributed by atoms with Crippen molar-refractivity contribution in [2.75, 3.05) is 6.79 Å². The lowest BCUT2D eigenvalue weighted by atomic mass is 10.0. The fourth-order valence-electron chi connectivity index (χ4n) is 2.24. The topological polar surface area (TPSA) is 57.5 Å². The van der Waals surface area contributed by atoms with Gasteiger partial charge in [0.2, 0.25) is 6.79 Å². The highest BCUT2D eigenvalue weighted by Gasteiger charge is 2.18. The molecule has 0 saturated heterocycles. The summed E-state index contributed by atoms with van der Waals surface area (Å²) < 4.78 is 12.1. The van der Waals surface area contributed by atoms with Gasteiger partial charge in [-0.15, -0.1) is 0 Å². The maximum absolute atomic E-state index is 12.0. The quantitative estimate of drug-likeness (QED) is 0.712. The van der Waals surface area contributed by atoms with E-state index in [4.69, 9.17) is 9.47 Å². The summed E-state index contributed by atoms with van der Waals surface area (Å²) >= 11 is 0. The Morgan fingerprint density at radius 1 is 1.28 bits per heavy atom. The maximum Gasteiger partial charge on any atom is 0.261 e. The summed E-state index contributed by atoms with van der Waals surface area (Å²) in [7, 11) is 1.64. The summed E-state index contributed by atoms with van der Waals surface area (Å²) in [5.74, 6) is 1.26. The van der Waals surface area contributed by atoms with Gasteiger partial charge in [-0.2, -0.15) is 0 Å². The third kappa shape index (κ3) is 1.27. The molecule has 0 aliphatic carbocycles. The second-order valence-electron chi connectivity index (χ2n) is 4.24. The highest BCUT2D eigenvalue weighted by molar-refractivity contribution is 5.92. The molecule has 0 fully saturated rings. The van der Waals surface area contributed by atoms with E-state index in [9.17, 15) is 9.59 Å². The number of hydrogen-bond donors (Lipinski definition) is 0. The van der Waals surface area contributed by atoms with E-state index in [1.807, 2.05) is 0 Å². The number of nitrogens with zero attached hydrogens (tertiary/aromatic N) is 1. The predicted molar refractivity (Wildman–Crippen MR) is 65.4 cm³/mol. The van der Waals surface area contributed by atoms with Gasteiger partial charge in [-0.25, -0.2) is 0 Å². The molecule has 5 heteroatoms. The fraction of sp³-hybridized carbons (Fsp3) is 0.231. The lowest BCUT2D eigenvalue weighted by Crippen LogP contribution is -2.22. The van der Waals surface area contributed by atoms with Gasteiger partial charge >= 0.3 is 0 Å². The van der Waals surface area contributed by atoms with Crippen molar-refractivity contribution in [2.45, 2.75) is 6.92 Å². The molecule has 0 amide bonds. The Kier molecular flexibility index (Phi) is 2.16. The largest absolute Gasteiger partial charge is 0.454 e. The summed E-state index contributed by atoms with van der Waals surface area (Å²) in [4.78, 5) is 23.0. The minimum absolute atomic E-state index is 0.180. The number of carbonyl (C=O) groups excluding carboxylic acids is 1. The number of fused-ring (bicyclic) bond motifs is 2. The van der Waals surface area contributed by atoms with Gasteiger partial charge in [0.15, 0.2) is 17.8 Å². The number of ether oxygens (including phenoxy) is 2. The molecule has 3 rings (SSSR count). The highest BCUT2D eigenvalue weighted by atomic mass is 16.7. The molecule has 1 aliphatic rings. The SMILES string of the molecule is Cc1c(C=O)c(=O)n(C)c2cc3c(cc12)OCO3. The Labute approximate surface area is 103 Å². The number of hydrogen-bond acceptors (Lipinski definition) is 4. The Balaban J connectivity index is 2.51. The van der Waals surface area contributed by atoms with Crippen LogP contribution in [0, 0.1) is 6.92 Å². The van der Waals surface area contributed by atoms with Gasteiger partial charge in [-0.1, -0.05) is 0 Å². The Hall–Kier alpha value is -2.30. The first kappa shape index (κ1) is 10.8. The van der Waals surface area contributed by atoms with Gasteiger partial charge < -0.3 is 14.0 Å². The number of aldehydes is 1. The van der Waals surface area contributed by atoms with Crippen molar-refractivity contribution in [1.82, 2.24) is 4.57 Å². The monoisotopic (exact) mass is 245 g/mol. The first-order valence-corrected chi connectivity index (χ1v) is 5.51. The number of carbonyl (C=O) groups is 1. The van der Waals surface area contributed by atoms with Crippen LogP contribution in [-0.4, -0.2) is 17.6 Å². The molecule has 0 radical (unpaired) electrons. The standard InChI is InChI=1S/C13H11NO4/c1-7-8-3-11-12(18-6-17-11)4-10(8)14(2)13(16)9(7)5-15/h3-5H,6H2,1-2H3. The van der Waals surface area contributed by atoms with Crippen LogP contribution in [0.3, 0.4) is 0 Å². The molecule has 0 saturated carbocycles. The van der Waals surface area contributed by atoms with E-state index in [2.05, 4.69) is 0 Å². The molecule has 0 bridgehead atoms. The minimum atomic E-state index is -0.297. The summed E-state index contributed by atoms with van der Waals surface area (Å²) in [6.07, 6.45) is 0.599. The van der Waals surface area contributed by atoms with Crippen LogP contribution in [0.4, 0.5) is 0 Å². The third-order valence-electron chi connectivity index (χ3n) is 3.31. The molecule has 0 spiro atoms. The smallest absolute Gasteiger partial charge is 0.261 e. The van der Waals surface area contributed by atoms with Crippen molar-refractivity contribution >= 4 is 17.2 Å². The zero-order valence-electron chi connectivity index (χ0n) is 10.0. The Morgan fingerprint density at radius 3 is 2.61 bits per heavy atom. The van der Waals surface area contributed by atoms with Crippen LogP contribution in [0.2, 0.25) is 0 Å². The molecule has 0 unspecified atom stereocenters. The molecule has 92 valence electrons. The Bertz CT molecular complexity index is 730. The van der Waals surface area contributed by atoms with Crippen molar-refractivity contribution in [2.24, 2.45) is 7.05 Å². The molecule has 0 N–H and O–H groups in total. The van der Waals surface area contributed by atoms with Crippen LogP contribution in [0.1, 0.15) is 15.9 Å². The Morgan fingerprint density at radius 2 is 1.94 bits per heavy atom. The number of rotatable bonds is 1. The summed E-state index contributed by atoms with van der Waals surface area (Å²) in [6.45, 7) is 1.94. The molecule has 2 heterocycles. The molecule has 1 aliphatic heterocycles. The minimum Gasteiger partial charge on any atom is -0.454 e. The second kappa shape index (κ2) is 3.60. The molecular weight excluding hydrogens is 234 g/mol. The van der Waals surface area contributed by atoms with Crippen LogP contribution in [0.25, 0.3) is 10.9 Å². The first-order chi connectivity index (χ1) is 8.63. The van der Waals surface area contributed by atoms with Crippen LogP contribution < -0.4 is 15.0 Å². The maximum atomic E-state index is 12.0. The summed E-state index contributed by atoms with van der Waals surface area (Å²) in [5.41, 5.74) is 1.28. The first-order valence-electron chi connectivity index (χ1n) is 5.51. The number of aryl methyl sites for hydroxylation is 2. The van der Waals surface area contributed by atoms with Crippen molar-refractivity contribution in [3.8, 4) is 11.5 Å². The zero-order valence-corrected chi connectivity index (χ0v) is 10.0. The van der Waals surface area contributed by atoms with Gasteiger partial charge in [0, 0.05) is 18.5 Å². The van der Waals surface area contributed by atoms with E-state index in [1.165, 1.54) is 4.57 Å². The molecule has 1 aromatic heterocycles. The van der Waals surface area contributed by atoms with Crippen LogP contribution in [0.5, 0.6) is 11.5 Å². The molecule has 18 heavy (non-hydrogen) atoms. The average Bonchev–Trinajstić information content (AvgIpc) is 2.82. The number of aromatic nitrogens is 1. The molecule has 5 nitrogen and oxygen atoms in total. The van der Waals surface area contributed by atoms with Crippen molar-refractivity contribution < 1.29 is 14.3 Å². The van der Waals surface area contributed by atoms with Crippen LogP contribution in [-0.2, 0) is 7.05 Å². The predicted octanol–water partition coefficient (Wildman–Crippen LogP) is 1.39. The van der Waals surface area contributed by atoms with Gasteiger partial charge in [-0.3, -0.25) is 9.59 Å². The lowest BCUT2D eigenvalue weighted by molar-refractivity contribution is 0.112. The van der Waals surface area contributed by atoms with E-state index in [0.29, 0.717) is 23.3 Å². The van der Waals surface area contributed by atoms with E-state index >= 15 is 0 Å².